The van der Waals surface area contributed by atoms with Crippen molar-refractivity contribution in [2.24, 2.45) is 5.92 Å². The molecule has 1 amide bonds. The zero-order chi connectivity index (χ0) is 15.7. The summed E-state index contributed by atoms with van der Waals surface area (Å²) in [6, 6.07) is 0.150. The number of alkyl carbamates (subject to hydrolysis) is 1. The van der Waals surface area contributed by atoms with Gasteiger partial charge in [0.1, 0.15) is 5.60 Å². The standard InChI is InChI=1S/C14H26N2O4S/c1-14(2,3)20-13(17)15-8-12(10-4-5-10)16-11-6-7-21(18,19)9-11/h10-12,16H,4-9H2,1-3H3,(H,15,17). The highest BCUT2D eigenvalue weighted by Gasteiger charge is 2.36. The number of nitrogens with one attached hydrogen (secondary N) is 2. The van der Waals surface area contributed by atoms with E-state index in [0.29, 0.717) is 18.9 Å². The Labute approximate surface area is 126 Å². The first-order valence-electron chi connectivity index (χ1n) is 7.58. The fourth-order valence-corrected chi connectivity index (χ4v) is 4.28. The molecular formula is C14H26N2O4S. The van der Waals surface area contributed by atoms with Crippen LogP contribution in [-0.4, -0.2) is 50.2 Å². The first kappa shape index (κ1) is 16.5. The summed E-state index contributed by atoms with van der Waals surface area (Å²) in [4.78, 5) is 11.7. The van der Waals surface area contributed by atoms with Crippen LogP contribution in [0.15, 0.2) is 0 Å². The molecule has 0 aromatic rings. The molecule has 2 aliphatic rings. The van der Waals surface area contributed by atoms with Crippen LogP contribution in [0.4, 0.5) is 4.79 Å². The van der Waals surface area contributed by atoms with E-state index in [9.17, 15) is 13.2 Å². The fourth-order valence-electron chi connectivity index (χ4n) is 2.60. The molecule has 0 aromatic carbocycles. The van der Waals surface area contributed by atoms with Crippen molar-refractivity contribution in [3.8, 4) is 0 Å². The van der Waals surface area contributed by atoms with E-state index < -0.39 is 21.5 Å². The number of sulfone groups is 1. The molecule has 2 unspecified atom stereocenters. The van der Waals surface area contributed by atoms with Crippen LogP contribution in [0.5, 0.6) is 0 Å². The number of carbonyl (C=O) groups is 1. The highest BCUT2D eigenvalue weighted by Crippen LogP contribution is 2.33. The van der Waals surface area contributed by atoms with Crippen LogP contribution in [0, 0.1) is 5.92 Å². The Morgan fingerprint density at radius 3 is 2.43 bits per heavy atom. The van der Waals surface area contributed by atoms with Gasteiger partial charge in [-0.3, -0.25) is 0 Å². The van der Waals surface area contributed by atoms with Crippen LogP contribution < -0.4 is 10.6 Å². The van der Waals surface area contributed by atoms with Crippen molar-refractivity contribution >= 4 is 15.9 Å². The maximum absolute atomic E-state index is 11.7. The normalized spacial score (nSPS) is 26.3. The summed E-state index contributed by atoms with van der Waals surface area (Å²) < 4.78 is 28.2. The van der Waals surface area contributed by atoms with Crippen molar-refractivity contribution in [3.63, 3.8) is 0 Å². The van der Waals surface area contributed by atoms with Crippen molar-refractivity contribution in [1.82, 2.24) is 10.6 Å². The minimum atomic E-state index is -2.88. The topological polar surface area (TPSA) is 84.5 Å². The van der Waals surface area contributed by atoms with E-state index in [-0.39, 0.29) is 23.6 Å². The molecule has 2 fully saturated rings. The number of carbonyl (C=O) groups excluding carboxylic acids is 1. The number of amides is 1. The molecule has 7 heteroatoms. The molecule has 1 saturated carbocycles. The molecule has 0 radical (unpaired) electrons. The summed E-state index contributed by atoms with van der Waals surface area (Å²) >= 11 is 0. The third-order valence-corrected chi connectivity index (χ3v) is 5.51. The molecule has 0 aromatic heterocycles. The van der Waals surface area contributed by atoms with E-state index in [1.165, 1.54) is 0 Å². The summed E-state index contributed by atoms with van der Waals surface area (Å²) in [5, 5.41) is 6.18. The minimum Gasteiger partial charge on any atom is -0.444 e. The molecular weight excluding hydrogens is 292 g/mol. The van der Waals surface area contributed by atoms with Gasteiger partial charge in [0.15, 0.2) is 9.84 Å². The predicted molar refractivity (Wildman–Crippen MR) is 80.9 cm³/mol. The molecule has 122 valence electrons. The van der Waals surface area contributed by atoms with Crippen LogP contribution in [0.3, 0.4) is 0 Å². The lowest BCUT2D eigenvalue weighted by atomic mass is 10.1. The first-order chi connectivity index (χ1) is 9.65. The third kappa shape index (κ3) is 5.82. The third-order valence-electron chi connectivity index (χ3n) is 3.74. The Morgan fingerprint density at radius 1 is 1.29 bits per heavy atom. The van der Waals surface area contributed by atoms with E-state index in [4.69, 9.17) is 4.74 Å². The molecule has 1 aliphatic carbocycles. The summed E-state index contributed by atoms with van der Waals surface area (Å²) in [6.45, 7) is 5.96. The lowest BCUT2D eigenvalue weighted by Crippen LogP contribution is -2.48. The van der Waals surface area contributed by atoms with Crippen LogP contribution in [-0.2, 0) is 14.6 Å². The summed E-state index contributed by atoms with van der Waals surface area (Å²) in [5.41, 5.74) is -0.508. The summed E-state index contributed by atoms with van der Waals surface area (Å²) in [6.07, 6.45) is 2.51. The van der Waals surface area contributed by atoms with Crippen molar-refractivity contribution in [1.29, 1.82) is 0 Å². The van der Waals surface area contributed by atoms with Crippen molar-refractivity contribution in [2.45, 2.75) is 57.7 Å². The van der Waals surface area contributed by atoms with Gasteiger partial charge in [-0.2, -0.15) is 0 Å². The lowest BCUT2D eigenvalue weighted by Gasteiger charge is -2.24. The molecule has 1 saturated heterocycles. The largest absolute Gasteiger partial charge is 0.444 e. The fraction of sp³-hybridized carbons (Fsp3) is 0.929. The average Bonchev–Trinajstić information content (AvgIpc) is 3.08. The number of hydrogen-bond donors (Lipinski definition) is 2. The number of hydrogen-bond acceptors (Lipinski definition) is 5. The van der Waals surface area contributed by atoms with Crippen LogP contribution >= 0.6 is 0 Å². The Balaban J connectivity index is 1.79. The van der Waals surface area contributed by atoms with Gasteiger partial charge in [0.2, 0.25) is 0 Å². The van der Waals surface area contributed by atoms with Crippen molar-refractivity contribution < 1.29 is 17.9 Å². The smallest absolute Gasteiger partial charge is 0.407 e. The monoisotopic (exact) mass is 318 g/mol. The average molecular weight is 318 g/mol. The van der Waals surface area contributed by atoms with Gasteiger partial charge < -0.3 is 15.4 Å². The zero-order valence-corrected chi connectivity index (χ0v) is 13.8. The zero-order valence-electron chi connectivity index (χ0n) is 13.0. The van der Waals surface area contributed by atoms with Gasteiger partial charge in [-0.15, -0.1) is 0 Å². The molecule has 1 aliphatic heterocycles. The molecule has 6 nitrogen and oxygen atoms in total. The van der Waals surface area contributed by atoms with Crippen molar-refractivity contribution in [2.75, 3.05) is 18.1 Å². The van der Waals surface area contributed by atoms with E-state index in [0.717, 1.165) is 12.8 Å². The molecule has 2 N–H and O–H groups in total. The van der Waals surface area contributed by atoms with Gasteiger partial charge in [-0.25, -0.2) is 13.2 Å². The molecule has 21 heavy (non-hydrogen) atoms. The number of ether oxygens (including phenoxy) is 1. The molecule has 2 rings (SSSR count). The summed E-state index contributed by atoms with van der Waals surface area (Å²) in [5.74, 6) is 1.01. The SMILES string of the molecule is CC(C)(C)OC(=O)NCC(NC1CCS(=O)(=O)C1)C1CC1. The van der Waals surface area contributed by atoms with E-state index in [1.807, 2.05) is 20.8 Å². The number of rotatable bonds is 5. The van der Waals surface area contributed by atoms with Gasteiger partial charge in [0, 0.05) is 18.6 Å². The van der Waals surface area contributed by atoms with Gasteiger partial charge in [0.05, 0.1) is 11.5 Å². The second-order valence-corrected chi connectivity index (χ2v) is 9.32. The van der Waals surface area contributed by atoms with Gasteiger partial charge in [0.25, 0.3) is 0 Å². The Kier molecular flexibility index (Phi) is 4.82. The second kappa shape index (κ2) is 6.12. The lowest BCUT2D eigenvalue weighted by molar-refractivity contribution is 0.0520. The van der Waals surface area contributed by atoms with E-state index in [2.05, 4.69) is 10.6 Å². The van der Waals surface area contributed by atoms with Crippen LogP contribution in [0.25, 0.3) is 0 Å². The summed E-state index contributed by atoms with van der Waals surface area (Å²) in [7, 11) is -2.88. The second-order valence-electron chi connectivity index (χ2n) is 7.09. The van der Waals surface area contributed by atoms with Gasteiger partial charge >= 0.3 is 6.09 Å². The van der Waals surface area contributed by atoms with Gasteiger partial charge in [-0.05, 0) is 46.0 Å². The quantitative estimate of drug-likeness (QED) is 0.792. The van der Waals surface area contributed by atoms with Crippen LogP contribution in [0.1, 0.15) is 40.0 Å². The highest BCUT2D eigenvalue weighted by atomic mass is 32.2. The van der Waals surface area contributed by atoms with Gasteiger partial charge in [-0.1, -0.05) is 0 Å². The molecule has 1 heterocycles. The maximum atomic E-state index is 11.7. The predicted octanol–water partition coefficient (Wildman–Crippen LogP) is 1.07. The van der Waals surface area contributed by atoms with Crippen molar-refractivity contribution in [3.05, 3.63) is 0 Å². The Morgan fingerprint density at radius 2 is 1.95 bits per heavy atom. The maximum Gasteiger partial charge on any atom is 0.407 e. The van der Waals surface area contributed by atoms with Crippen LogP contribution in [0.2, 0.25) is 0 Å². The molecule has 2 atom stereocenters. The van der Waals surface area contributed by atoms with E-state index in [1.54, 1.807) is 0 Å². The molecule has 0 bridgehead atoms. The molecule has 0 spiro atoms. The Hall–Kier alpha value is -0.820. The minimum absolute atomic E-state index is 0.0148. The Bertz CT molecular complexity index is 480. The highest BCUT2D eigenvalue weighted by molar-refractivity contribution is 7.91. The van der Waals surface area contributed by atoms with E-state index >= 15 is 0 Å². The first-order valence-corrected chi connectivity index (χ1v) is 9.40.